The third kappa shape index (κ3) is 1.97. The van der Waals surface area contributed by atoms with Gasteiger partial charge < -0.3 is 5.32 Å². The number of nitrogens with two attached hydrogens (primary N) is 1. The maximum absolute atomic E-state index is 5.60. The number of hydrazone groups is 1. The van der Waals surface area contributed by atoms with E-state index in [1.807, 2.05) is 32.2 Å². The molecule has 0 atom stereocenters. The van der Waals surface area contributed by atoms with Gasteiger partial charge in [-0.2, -0.15) is 10.2 Å². The van der Waals surface area contributed by atoms with Crippen molar-refractivity contribution < 1.29 is 0 Å². The Labute approximate surface area is 78.0 Å². The summed E-state index contributed by atoms with van der Waals surface area (Å²) >= 11 is 0. The summed E-state index contributed by atoms with van der Waals surface area (Å²) in [5, 5.41) is 7.92. The van der Waals surface area contributed by atoms with E-state index < -0.39 is 0 Å². The molecule has 70 valence electrons. The average molecular weight is 178 g/mol. The van der Waals surface area contributed by atoms with Gasteiger partial charge in [0.05, 0.1) is 5.69 Å². The van der Waals surface area contributed by atoms with E-state index in [1.165, 1.54) is 5.12 Å². The van der Waals surface area contributed by atoms with Gasteiger partial charge in [-0.1, -0.05) is 6.07 Å². The molecule has 3 N–H and O–H groups in total. The molecule has 0 amide bonds. The zero-order valence-corrected chi connectivity index (χ0v) is 7.91. The first kappa shape index (κ1) is 9.54. The summed E-state index contributed by atoms with van der Waals surface area (Å²) in [6, 6.07) is 5.88. The van der Waals surface area contributed by atoms with Crippen LogP contribution in [0.3, 0.4) is 0 Å². The van der Waals surface area contributed by atoms with Crippen molar-refractivity contribution in [2.75, 3.05) is 17.5 Å². The van der Waals surface area contributed by atoms with Crippen molar-refractivity contribution in [2.45, 2.75) is 6.92 Å². The van der Waals surface area contributed by atoms with E-state index in [2.05, 4.69) is 17.1 Å². The van der Waals surface area contributed by atoms with Crippen LogP contribution >= 0.6 is 0 Å². The highest BCUT2D eigenvalue weighted by Gasteiger charge is 2.03. The van der Waals surface area contributed by atoms with E-state index in [4.69, 9.17) is 5.84 Å². The monoisotopic (exact) mass is 178 g/mol. The summed E-state index contributed by atoms with van der Waals surface area (Å²) in [6.45, 7) is 5.34. The molecule has 13 heavy (non-hydrogen) atoms. The van der Waals surface area contributed by atoms with Crippen LogP contribution in [0.25, 0.3) is 0 Å². The SMILES string of the molecule is C=NN(N)c1cc(NC)ccc1C. The number of anilines is 2. The standard InChI is InChI=1S/C9H14N4/c1-7-4-5-8(11-2)6-9(7)13(10)12-3/h4-6,11H,3,10H2,1-2H3. The van der Waals surface area contributed by atoms with E-state index in [1.54, 1.807) is 0 Å². The first-order valence-corrected chi connectivity index (χ1v) is 3.99. The predicted molar refractivity (Wildman–Crippen MR) is 56.9 cm³/mol. The molecule has 0 bridgehead atoms. The molecule has 0 aromatic heterocycles. The van der Waals surface area contributed by atoms with Gasteiger partial charge in [-0.15, -0.1) is 0 Å². The minimum atomic E-state index is 0.849. The van der Waals surface area contributed by atoms with E-state index in [9.17, 15) is 0 Å². The predicted octanol–water partition coefficient (Wildman–Crippen LogP) is 1.33. The maximum Gasteiger partial charge on any atom is 0.0825 e. The van der Waals surface area contributed by atoms with Crippen LogP contribution in [-0.2, 0) is 0 Å². The first-order chi connectivity index (χ1) is 6.19. The number of hydrogen-bond acceptors (Lipinski definition) is 4. The average Bonchev–Trinajstić information content (AvgIpc) is 2.17. The molecule has 1 rings (SSSR count). The second-order valence-electron chi connectivity index (χ2n) is 2.74. The second kappa shape index (κ2) is 3.91. The van der Waals surface area contributed by atoms with Crippen molar-refractivity contribution in [1.82, 2.24) is 0 Å². The number of hydrogen-bond donors (Lipinski definition) is 2. The largest absolute Gasteiger partial charge is 0.388 e. The van der Waals surface area contributed by atoms with Gasteiger partial charge in [0.25, 0.3) is 0 Å². The molecule has 0 aliphatic rings. The Bertz CT molecular complexity index is 308. The topological polar surface area (TPSA) is 53.6 Å². The number of aryl methyl sites for hydroxylation is 1. The molecule has 0 saturated carbocycles. The smallest absolute Gasteiger partial charge is 0.0825 e. The van der Waals surface area contributed by atoms with E-state index in [0.29, 0.717) is 0 Å². The molecular weight excluding hydrogens is 164 g/mol. The third-order valence-corrected chi connectivity index (χ3v) is 1.90. The fourth-order valence-electron chi connectivity index (χ4n) is 1.09. The van der Waals surface area contributed by atoms with Crippen molar-refractivity contribution >= 4 is 18.1 Å². The first-order valence-electron chi connectivity index (χ1n) is 3.99. The van der Waals surface area contributed by atoms with Crippen LogP contribution < -0.4 is 16.3 Å². The van der Waals surface area contributed by atoms with Gasteiger partial charge in [-0.05, 0) is 24.6 Å². The van der Waals surface area contributed by atoms with Crippen molar-refractivity contribution in [3.8, 4) is 0 Å². The van der Waals surface area contributed by atoms with Gasteiger partial charge in [-0.3, -0.25) is 0 Å². The van der Waals surface area contributed by atoms with Gasteiger partial charge in [-0.25, -0.2) is 5.84 Å². The number of nitrogens with zero attached hydrogens (tertiary/aromatic N) is 2. The minimum absolute atomic E-state index is 0.849. The van der Waals surface area contributed by atoms with E-state index in [-0.39, 0.29) is 0 Å². The van der Waals surface area contributed by atoms with Crippen molar-refractivity contribution in [2.24, 2.45) is 10.9 Å². The summed E-state index contributed by atoms with van der Waals surface area (Å²) in [7, 11) is 1.86. The van der Waals surface area contributed by atoms with Gasteiger partial charge in [0, 0.05) is 19.5 Å². The molecule has 0 aliphatic heterocycles. The van der Waals surface area contributed by atoms with Crippen LogP contribution in [-0.4, -0.2) is 13.8 Å². The number of nitrogens with one attached hydrogen (secondary N) is 1. The van der Waals surface area contributed by atoms with Crippen LogP contribution in [0.4, 0.5) is 11.4 Å². The maximum atomic E-state index is 5.60. The second-order valence-corrected chi connectivity index (χ2v) is 2.74. The molecule has 0 radical (unpaired) electrons. The lowest BCUT2D eigenvalue weighted by Gasteiger charge is -2.15. The zero-order chi connectivity index (χ0) is 9.84. The quantitative estimate of drug-likeness (QED) is 0.417. The molecule has 0 unspecified atom stereocenters. The molecule has 1 aromatic carbocycles. The Balaban J connectivity index is 3.10. The Morgan fingerprint density at radius 3 is 2.77 bits per heavy atom. The summed E-state index contributed by atoms with van der Waals surface area (Å²) < 4.78 is 0. The van der Waals surface area contributed by atoms with E-state index >= 15 is 0 Å². The summed E-state index contributed by atoms with van der Waals surface area (Å²) in [5.74, 6) is 5.60. The molecule has 4 nitrogen and oxygen atoms in total. The van der Waals surface area contributed by atoms with Gasteiger partial charge in [0.15, 0.2) is 0 Å². The molecule has 0 fully saturated rings. The summed E-state index contributed by atoms with van der Waals surface area (Å²) in [4.78, 5) is 0. The highest BCUT2D eigenvalue weighted by Crippen LogP contribution is 2.21. The Morgan fingerprint density at radius 1 is 1.54 bits per heavy atom. The third-order valence-electron chi connectivity index (χ3n) is 1.90. The molecule has 0 saturated heterocycles. The van der Waals surface area contributed by atoms with Crippen LogP contribution in [0, 0.1) is 6.92 Å². The number of hydrazine groups is 1. The lowest BCUT2D eigenvalue weighted by molar-refractivity contribution is 0.928. The normalized spacial score (nSPS) is 9.46. The molecule has 4 heteroatoms. The van der Waals surface area contributed by atoms with Crippen molar-refractivity contribution in [3.05, 3.63) is 23.8 Å². The van der Waals surface area contributed by atoms with Gasteiger partial charge in [0.2, 0.25) is 0 Å². The lowest BCUT2D eigenvalue weighted by atomic mass is 10.2. The van der Waals surface area contributed by atoms with Crippen LogP contribution in [0.15, 0.2) is 23.3 Å². The van der Waals surface area contributed by atoms with Gasteiger partial charge in [0.1, 0.15) is 0 Å². The molecule has 0 heterocycles. The lowest BCUT2D eigenvalue weighted by Crippen LogP contribution is -2.24. The van der Waals surface area contributed by atoms with Gasteiger partial charge >= 0.3 is 0 Å². The Kier molecular flexibility index (Phi) is 2.87. The molecule has 1 aromatic rings. The van der Waals surface area contributed by atoms with Crippen LogP contribution in [0.5, 0.6) is 0 Å². The van der Waals surface area contributed by atoms with Crippen LogP contribution in [0.2, 0.25) is 0 Å². The number of benzene rings is 1. The molecule has 0 aliphatic carbocycles. The highest BCUT2D eigenvalue weighted by molar-refractivity contribution is 5.61. The molecule has 0 spiro atoms. The van der Waals surface area contributed by atoms with Crippen molar-refractivity contribution in [1.29, 1.82) is 0 Å². The van der Waals surface area contributed by atoms with E-state index in [0.717, 1.165) is 16.9 Å². The number of rotatable bonds is 3. The summed E-state index contributed by atoms with van der Waals surface area (Å²) in [5.41, 5.74) is 2.91. The highest BCUT2D eigenvalue weighted by atomic mass is 15.6. The Morgan fingerprint density at radius 2 is 2.23 bits per heavy atom. The van der Waals surface area contributed by atoms with Crippen molar-refractivity contribution in [3.63, 3.8) is 0 Å². The minimum Gasteiger partial charge on any atom is -0.388 e. The van der Waals surface area contributed by atoms with Crippen LogP contribution in [0.1, 0.15) is 5.56 Å². The fourth-order valence-corrected chi connectivity index (χ4v) is 1.09. The summed E-state index contributed by atoms with van der Waals surface area (Å²) in [6.07, 6.45) is 0. The Hall–Kier alpha value is -1.55. The zero-order valence-electron chi connectivity index (χ0n) is 7.91. The molecular formula is C9H14N4. The fraction of sp³-hybridized carbons (Fsp3) is 0.222.